The van der Waals surface area contributed by atoms with E-state index in [1.54, 1.807) is 18.2 Å². The molecule has 3 rings (SSSR count). The van der Waals surface area contributed by atoms with Crippen LogP contribution in [0, 0.1) is 6.92 Å². The van der Waals surface area contributed by atoms with E-state index in [1.165, 1.54) is 5.41 Å². The van der Waals surface area contributed by atoms with Gasteiger partial charge >= 0.3 is 0 Å². The van der Waals surface area contributed by atoms with Crippen LogP contribution in [0.3, 0.4) is 0 Å². The second-order valence-corrected chi connectivity index (χ2v) is 17.9. The lowest BCUT2D eigenvalue weighted by Crippen LogP contribution is -2.53. The molecule has 0 aromatic heterocycles. The van der Waals surface area contributed by atoms with Crippen molar-refractivity contribution in [2.24, 2.45) is 0 Å². The van der Waals surface area contributed by atoms with E-state index in [1.807, 2.05) is 44.2 Å². The van der Waals surface area contributed by atoms with Crippen molar-refractivity contribution in [3.8, 4) is 0 Å². The monoisotopic (exact) mass is 530 g/mol. The number of hydrogen-bond acceptors (Lipinski definition) is 5. The van der Waals surface area contributed by atoms with Gasteiger partial charge in [0, 0.05) is 11.8 Å². The second-order valence-electron chi connectivity index (χ2n) is 11.3. The summed E-state index contributed by atoms with van der Waals surface area (Å²) in [6.45, 7) is 15.6. The standard InChI is InChI=1S/C29H42O5SSi/c1-22-15-17-25(18-16-22)35(30,31)19-11-14-26-28(34-36(6,7)29(3,4)5)20-27(23(2)33-26)32-21-24-12-9-8-10-13-24/h8-13,15-19,23,26-28H,14,20-21H2,1-7H3/b19-11+/t23-,26+,27+,28-/m1/s1. The van der Waals surface area contributed by atoms with Gasteiger partial charge in [0.1, 0.15) is 0 Å². The molecule has 0 saturated carbocycles. The lowest BCUT2D eigenvalue weighted by molar-refractivity contribution is -0.176. The Morgan fingerprint density at radius 2 is 1.67 bits per heavy atom. The fraction of sp³-hybridized carbons (Fsp3) is 0.517. The molecule has 1 aliphatic heterocycles. The Bertz CT molecular complexity index is 1100. The lowest BCUT2D eigenvalue weighted by Gasteiger charge is -2.46. The van der Waals surface area contributed by atoms with Gasteiger partial charge < -0.3 is 13.9 Å². The first-order valence-corrected chi connectivity index (χ1v) is 17.2. The van der Waals surface area contributed by atoms with Gasteiger partial charge in [-0.05, 0) is 56.1 Å². The summed E-state index contributed by atoms with van der Waals surface area (Å²) in [6, 6.07) is 17.0. The van der Waals surface area contributed by atoms with Crippen molar-refractivity contribution in [3.05, 3.63) is 77.2 Å². The van der Waals surface area contributed by atoms with Crippen LogP contribution in [0.2, 0.25) is 18.1 Å². The van der Waals surface area contributed by atoms with Gasteiger partial charge in [-0.1, -0.05) is 74.9 Å². The van der Waals surface area contributed by atoms with Crippen molar-refractivity contribution in [2.45, 2.75) is 102 Å². The Hall–Kier alpha value is -1.77. The molecule has 0 bridgehead atoms. The fourth-order valence-electron chi connectivity index (χ4n) is 4.01. The summed E-state index contributed by atoms with van der Waals surface area (Å²) in [4.78, 5) is 0.297. The summed E-state index contributed by atoms with van der Waals surface area (Å²) in [7, 11) is -5.59. The summed E-state index contributed by atoms with van der Waals surface area (Å²) < 4.78 is 45.1. The van der Waals surface area contributed by atoms with Crippen molar-refractivity contribution in [3.63, 3.8) is 0 Å². The third-order valence-corrected chi connectivity index (χ3v) is 13.3. The van der Waals surface area contributed by atoms with E-state index in [9.17, 15) is 8.42 Å². The predicted molar refractivity (Wildman–Crippen MR) is 148 cm³/mol. The molecule has 1 fully saturated rings. The molecule has 5 nitrogen and oxygen atoms in total. The van der Waals surface area contributed by atoms with E-state index < -0.39 is 18.2 Å². The summed E-state index contributed by atoms with van der Waals surface area (Å²) in [5.41, 5.74) is 2.15. The van der Waals surface area contributed by atoms with Gasteiger partial charge in [-0.3, -0.25) is 0 Å². The maximum Gasteiger partial charge on any atom is 0.199 e. The maximum atomic E-state index is 12.8. The quantitative estimate of drug-likeness (QED) is 0.333. The molecule has 36 heavy (non-hydrogen) atoms. The Balaban J connectivity index is 1.74. The van der Waals surface area contributed by atoms with Crippen LogP contribution in [-0.4, -0.2) is 41.2 Å². The Labute approximate surface area is 218 Å². The first-order chi connectivity index (χ1) is 16.8. The van der Waals surface area contributed by atoms with Gasteiger partial charge in [-0.15, -0.1) is 0 Å². The molecule has 0 N–H and O–H groups in total. The van der Waals surface area contributed by atoms with Crippen LogP contribution in [-0.2, 0) is 30.3 Å². The number of ether oxygens (including phenoxy) is 2. The molecule has 0 amide bonds. The Morgan fingerprint density at radius 1 is 1.03 bits per heavy atom. The van der Waals surface area contributed by atoms with Gasteiger partial charge in [-0.25, -0.2) is 8.42 Å². The van der Waals surface area contributed by atoms with E-state index >= 15 is 0 Å². The predicted octanol–water partition coefficient (Wildman–Crippen LogP) is 6.83. The number of sulfone groups is 1. The van der Waals surface area contributed by atoms with Crippen LogP contribution >= 0.6 is 0 Å². The first-order valence-electron chi connectivity index (χ1n) is 12.8. The first kappa shape index (κ1) is 28.8. The highest BCUT2D eigenvalue weighted by atomic mass is 32.2. The number of benzene rings is 2. The topological polar surface area (TPSA) is 61.8 Å². The van der Waals surface area contributed by atoms with Crippen molar-refractivity contribution < 1.29 is 22.3 Å². The van der Waals surface area contributed by atoms with Crippen molar-refractivity contribution >= 4 is 18.2 Å². The molecule has 1 heterocycles. The smallest absolute Gasteiger partial charge is 0.199 e. The van der Waals surface area contributed by atoms with Crippen LogP contribution in [0.5, 0.6) is 0 Å². The zero-order valence-corrected chi connectivity index (χ0v) is 24.5. The van der Waals surface area contributed by atoms with Crippen molar-refractivity contribution in [1.82, 2.24) is 0 Å². The molecule has 2 aromatic rings. The SMILES string of the molecule is Cc1ccc(S(=O)(=O)/C=C/C[C@@H]2O[C@H](C)[C@@H](OCc3ccccc3)C[C@H]2O[Si](C)(C)C(C)(C)C)cc1. The summed E-state index contributed by atoms with van der Waals surface area (Å²) >= 11 is 0. The Morgan fingerprint density at radius 3 is 2.28 bits per heavy atom. The minimum absolute atomic E-state index is 0.0472. The van der Waals surface area contributed by atoms with E-state index in [0.717, 1.165) is 11.1 Å². The third kappa shape index (κ3) is 7.62. The zero-order valence-electron chi connectivity index (χ0n) is 22.7. The molecule has 7 heteroatoms. The molecule has 2 aromatic carbocycles. The van der Waals surface area contributed by atoms with E-state index in [0.29, 0.717) is 24.3 Å². The molecular formula is C29H42O5SSi. The van der Waals surface area contributed by atoms with Gasteiger partial charge in [-0.2, -0.15) is 0 Å². The fourth-order valence-corrected chi connectivity index (χ4v) is 6.41. The number of hydrogen-bond donors (Lipinski definition) is 0. The third-order valence-electron chi connectivity index (χ3n) is 7.34. The average Bonchev–Trinajstić information content (AvgIpc) is 2.80. The van der Waals surface area contributed by atoms with Gasteiger partial charge in [0.2, 0.25) is 0 Å². The number of rotatable bonds is 9. The van der Waals surface area contributed by atoms with Gasteiger partial charge in [0.05, 0.1) is 35.9 Å². The molecule has 4 atom stereocenters. The highest BCUT2D eigenvalue weighted by Gasteiger charge is 2.44. The van der Waals surface area contributed by atoms with Gasteiger partial charge in [0.25, 0.3) is 0 Å². The summed E-state index contributed by atoms with van der Waals surface area (Å²) in [5.74, 6) is 0. The van der Waals surface area contributed by atoms with E-state index in [-0.39, 0.29) is 29.5 Å². The summed E-state index contributed by atoms with van der Waals surface area (Å²) in [5, 5.41) is 1.35. The second kappa shape index (κ2) is 11.7. The van der Waals surface area contributed by atoms with Crippen LogP contribution in [0.15, 0.2) is 71.0 Å². The van der Waals surface area contributed by atoms with Crippen LogP contribution in [0.4, 0.5) is 0 Å². The minimum atomic E-state index is -3.51. The summed E-state index contributed by atoms with van der Waals surface area (Å²) in [6.07, 6.45) is 2.24. The highest BCUT2D eigenvalue weighted by molar-refractivity contribution is 7.94. The van der Waals surface area contributed by atoms with Crippen LogP contribution in [0.25, 0.3) is 0 Å². The average molecular weight is 531 g/mol. The molecule has 0 unspecified atom stereocenters. The minimum Gasteiger partial charge on any atom is -0.411 e. The van der Waals surface area contributed by atoms with E-state index in [4.69, 9.17) is 13.9 Å². The van der Waals surface area contributed by atoms with Crippen molar-refractivity contribution in [1.29, 1.82) is 0 Å². The van der Waals surface area contributed by atoms with E-state index in [2.05, 4.69) is 46.0 Å². The van der Waals surface area contributed by atoms with Gasteiger partial charge in [0.15, 0.2) is 18.2 Å². The molecule has 1 saturated heterocycles. The molecule has 0 spiro atoms. The maximum absolute atomic E-state index is 12.8. The molecule has 0 radical (unpaired) electrons. The Kier molecular flexibility index (Phi) is 9.39. The normalized spacial score (nSPS) is 23.8. The van der Waals surface area contributed by atoms with Crippen molar-refractivity contribution in [2.75, 3.05) is 0 Å². The largest absolute Gasteiger partial charge is 0.411 e. The molecule has 0 aliphatic carbocycles. The van der Waals surface area contributed by atoms with Crippen LogP contribution < -0.4 is 0 Å². The van der Waals surface area contributed by atoms with Crippen LogP contribution in [0.1, 0.15) is 51.7 Å². The lowest BCUT2D eigenvalue weighted by atomic mass is 9.97. The molecule has 1 aliphatic rings. The number of aryl methyl sites for hydroxylation is 1. The molecule has 198 valence electrons. The zero-order chi connectivity index (χ0) is 26.6. The molecular weight excluding hydrogens is 488 g/mol. The highest BCUT2D eigenvalue weighted by Crippen LogP contribution is 2.40.